The number of aromatic nitrogens is 4. The number of rotatable bonds is 2. The highest BCUT2D eigenvalue weighted by Crippen LogP contribution is 2.47. The van der Waals surface area contributed by atoms with Crippen molar-refractivity contribution in [3.8, 4) is 17.2 Å². The van der Waals surface area contributed by atoms with Gasteiger partial charge in [-0.05, 0) is 24.3 Å². The fourth-order valence-corrected chi connectivity index (χ4v) is 7.41. The lowest BCUT2D eigenvalue weighted by Gasteiger charge is -2.12. The lowest BCUT2D eigenvalue weighted by atomic mass is 10.0. The number of fused-ring (bicyclic) bond motifs is 11. The van der Waals surface area contributed by atoms with Crippen molar-refractivity contribution in [3.63, 3.8) is 0 Å². The molecule has 4 aromatic heterocycles. The predicted molar refractivity (Wildman–Crippen MR) is 168 cm³/mol. The molecule has 5 aromatic carbocycles. The Morgan fingerprint density at radius 3 is 2.20 bits per heavy atom. The molecule has 9 aromatic rings. The van der Waals surface area contributed by atoms with Crippen LogP contribution in [0.15, 0.2) is 121 Å². The van der Waals surface area contributed by atoms with Crippen LogP contribution in [-0.4, -0.2) is 19.5 Å². The van der Waals surface area contributed by atoms with Crippen molar-refractivity contribution in [2.75, 3.05) is 0 Å². The van der Waals surface area contributed by atoms with Gasteiger partial charge >= 0.3 is 0 Å². The molecule has 0 bridgehead atoms. The van der Waals surface area contributed by atoms with Gasteiger partial charge in [0.2, 0.25) is 5.95 Å². The molecule has 0 saturated carbocycles. The molecule has 4 heterocycles. The topological polar surface area (TPSA) is 43.6 Å². The van der Waals surface area contributed by atoms with E-state index in [1.807, 2.05) is 35.7 Å². The van der Waals surface area contributed by atoms with Gasteiger partial charge in [0.1, 0.15) is 0 Å². The Balaban J connectivity index is 1.54. The zero-order valence-electron chi connectivity index (χ0n) is 21.2. The van der Waals surface area contributed by atoms with Crippen molar-refractivity contribution in [1.29, 1.82) is 0 Å². The molecule has 0 N–H and O–H groups in total. The van der Waals surface area contributed by atoms with Crippen LogP contribution in [0.3, 0.4) is 0 Å². The minimum absolute atomic E-state index is 0.672. The summed E-state index contributed by atoms with van der Waals surface area (Å²) in [6, 6.07) is 40.1. The lowest BCUT2D eigenvalue weighted by molar-refractivity contribution is 1.02. The maximum absolute atomic E-state index is 5.30. The van der Waals surface area contributed by atoms with Gasteiger partial charge in [-0.25, -0.2) is 9.97 Å². The van der Waals surface area contributed by atoms with Gasteiger partial charge in [-0.2, -0.15) is 0 Å². The van der Waals surface area contributed by atoms with Crippen molar-refractivity contribution in [2.45, 2.75) is 0 Å². The molecular weight excluding hydrogens is 508 g/mol. The van der Waals surface area contributed by atoms with Crippen molar-refractivity contribution in [3.05, 3.63) is 121 Å². The second-order valence-corrected chi connectivity index (χ2v) is 11.1. The van der Waals surface area contributed by atoms with E-state index >= 15 is 0 Å². The Bertz CT molecular complexity index is 2440. The molecule has 0 unspecified atom stereocenters. The minimum atomic E-state index is 0.672. The van der Waals surface area contributed by atoms with Gasteiger partial charge in [-0.3, -0.25) is 9.55 Å². The van der Waals surface area contributed by atoms with Crippen LogP contribution >= 0.6 is 11.3 Å². The summed E-state index contributed by atoms with van der Waals surface area (Å²) in [6.07, 6.45) is 1.90. The molecule has 0 aliphatic heterocycles. The largest absolute Gasteiger partial charge is 0.276 e. The number of para-hydroxylation sites is 2. The summed E-state index contributed by atoms with van der Waals surface area (Å²) in [5.41, 5.74) is 6.18. The number of pyridine rings is 1. The first kappa shape index (κ1) is 21.8. The molecule has 9 rings (SSSR count). The number of hydrogen-bond acceptors (Lipinski definition) is 4. The molecule has 4 nitrogen and oxygen atoms in total. The smallest absolute Gasteiger partial charge is 0.235 e. The van der Waals surface area contributed by atoms with Crippen molar-refractivity contribution < 1.29 is 0 Å². The Labute approximate surface area is 232 Å². The van der Waals surface area contributed by atoms with E-state index in [0.29, 0.717) is 5.95 Å². The first-order valence-corrected chi connectivity index (χ1v) is 14.1. The second kappa shape index (κ2) is 8.18. The lowest BCUT2D eigenvalue weighted by Crippen LogP contribution is -2.03. The maximum Gasteiger partial charge on any atom is 0.235 e. The summed E-state index contributed by atoms with van der Waals surface area (Å²) in [4.78, 5) is 15.4. The highest BCUT2D eigenvalue weighted by atomic mass is 32.1. The third-order valence-corrected chi connectivity index (χ3v) is 9.02. The Morgan fingerprint density at radius 1 is 0.575 bits per heavy atom. The van der Waals surface area contributed by atoms with Gasteiger partial charge in [0.25, 0.3) is 0 Å². The highest BCUT2D eigenvalue weighted by Gasteiger charge is 2.23. The SMILES string of the molecule is c1ccc(-c2nc(-n3c4ccccc4c4c5cccnc5c5c6ccccc6sc5c43)nc3ccccc23)cc1. The van der Waals surface area contributed by atoms with E-state index in [2.05, 4.69) is 102 Å². The number of hydrogen-bond donors (Lipinski definition) is 0. The van der Waals surface area contributed by atoms with Gasteiger partial charge in [-0.1, -0.05) is 91.0 Å². The van der Waals surface area contributed by atoms with Crippen molar-refractivity contribution >= 4 is 75.1 Å². The Kier molecular flexibility index (Phi) is 4.45. The summed E-state index contributed by atoms with van der Waals surface area (Å²) < 4.78 is 4.73. The normalized spacial score (nSPS) is 12.0. The molecule has 0 aliphatic carbocycles. The summed E-state index contributed by atoms with van der Waals surface area (Å²) in [5, 5.41) is 6.97. The van der Waals surface area contributed by atoms with Crippen LogP contribution in [0, 0.1) is 0 Å². The molecule has 0 spiro atoms. The molecule has 0 amide bonds. The average molecular weight is 529 g/mol. The zero-order chi connectivity index (χ0) is 26.2. The quantitative estimate of drug-likeness (QED) is 0.225. The Morgan fingerprint density at radius 2 is 1.30 bits per heavy atom. The van der Waals surface area contributed by atoms with Crippen LogP contribution in [0.25, 0.3) is 81.0 Å². The molecule has 0 saturated heterocycles. The molecule has 0 atom stereocenters. The van der Waals surface area contributed by atoms with E-state index in [1.54, 1.807) is 0 Å². The molecule has 0 radical (unpaired) electrons. The molecule has 0 fully saturated rings. The van der Waals surface area contributed by atoms with Crippen LogP contribution in [0.5, 0.6) is 0 Å². The number of thiophene rings is 1. The average Bonchev–Trinajstić information content (AvgIpc) is 3.58. The van der Waals surface area contributed by atoms with Crippen molar-refractivity contribution in [1.82, 2.24) is 19.5 Å². The van der Waals surface area contributed by atoms with Gasteiger partial charge in [0.15, 0.2) is 0 Å². The Hall–Kier alpha value is -5.13. The van der Waals surface area contributed by atoms with Gasteiger partial charge in [0, 0.05) is 48.8 Å². The van der Waals surface area contributed by atoms with E-state index in [9.17, 15) is 0 Å². The van der Waals surface area contributed by atoms with E-state index in [1.165, 1.54) is 30.9 Å². The third kappa shape index (κ3) is 2.92. The third-order valence-electron chi connectivity index (χ3n) is 7.84. The minimum Gasteiger partial charge on any atom is -0.276 e. The van der Waals surface area contributed by atoms with Crippen molar-refractivity contribution in [2.24, 2.45) is 0 Å². The van der Waals surface area contributed by atoms with E-state index in [0.717, 1.165) is 44.1 Å². The van der Waals surface area contributed by atoms with E-state index < -0.39 is 0 Å². The predicted octanol–water partition coefficient (Wildman–Crippen LogP) is 9.31. The summed E-state index contributed by atoms with van der Waals surface area (Å²) >= 11 is 1.82. The monoisotopic (exact) mass is 528 g/mol. The molecular formula is C35H20N4S. The summed E-state index contributed by atoms with van der Waals surface area (Å²) in [7, 11) is 0. The first-order valence-electron chi connectivity index (χ1n) is 13.3. The maximum atomic E-state index is 5.30. The molecule has 0 aliphatic rings. The fraction of sp³-hybridized carbons (Fsp3) is 0. The standard InChI is InChI=1S/C35H20N4S/c1-2-11-21(12-3-1)31-22-13-4-7-17-26(22)37-35(38-31)39-27-18-8-5-14-23(27)29-25-16-10-20-36-32(25)30-24-15-6-9-19-28(24)40-34(30)33(29)39/h1-20H. The van der Waals surface area contributed by atoms with E-state index in [-0.39, 0.29) is 0 Å². The van der Waals surface area contributed by atoms with Gasteiger partial charge in [-0.15, -0.1) is 11.3 Å². The molecule has 186 valence electrons. The summed E-state index contributed by atoms with van der Waals surface area (Å²) in [6.45, 7) is 0. The number of benzene rings is 5. The zero-order valence-corrected chi connectivity index (χ0v) is 22.1. The van der Waals surface area contributed by atoms with Crippen LogP contribution in [0.1, 0.15) is 0 Å². The first-order chi connectivity index (χ1) is 19.9. The molecule has 40 heavy (non-hydrogen) atoms. The van der Waals surface area contributed by atoms with Gasteiger partial charge < -0.3 is 0 Å². The summed E-state index contributed by atoms with van der Waals surface area (Å²) in [5.74, 6) is 0.672. The van der Waals surface area contributed by atoms with E-state index in [4.69, 9.17) is 15.0 Å². The molecule has 5 heteroatoms. The van der Waals surface area contributed by atoms with Crippen LogP contribution in [0.2, 0.25) is 0 Å². The highest BCUT2D eigenvalue weighted by molar-refractivity contribution is 7.27. The number of nitrogens with zero attached hydrogens (tertiary/aromatic N) is 4. The van der Waals surface area contributed by atoms with Crippen LogP contribution < -0.4 is 0 Å². The fourth-order valence-electron chi connectivity index (χ4n) is 6.17. The second-order valence-electron chi connectivity index (χ2n) is 10.0. The van der Waals surface area contributed by atoms with Crippen LogP contribution in [-0.2, 0) is 0 Å². The van der Waals surface area contributed by atoms with Gasteiger partial charge in [0.05, 0.1) is 32.5 Å². The van der Waals surface area contributed by atoms with Crippen LogP contribution in [0.4, 0.5) is 0 Å².